The van der Waals surface area contributed by atoms with E-state index in [1.807, 2.05) is 6.92 Å². The Labute approximate surface area is 200 Å². The van der Waals surface area contributed by atoms with Crippen molar-refractivity contribution in [3.8, 4) is 0 Å². The molecule has 180 valence electrons. The Balaban J connectivity index is 1.36. The summed E-state index contributed by atoms with van der Waals surface area (Å²) in [4.78, 5) is 17.5. The van der Waals surface area contributed by atoms with Crippen LogP contribution in [0.2, 0.25) is 0 Å². The minimum atomic E-state index is -3.55. The number of morpholine rings is 1. The van der Waals surface area contributed by atoms with Gasteiger partial charge in [-0.15, -0.1) is 0 Å². The Bertz CT molecular complexity index is 1070. The number of imidazole rings is 1. The Kier molecular flexibility index (Phi) is 7.78. The summed E-state index contributed by atoms with van der Waals surface area (Å²) in [7, 11) is -3.55. The molecule has 2 aliphatic rings. The maximum atomic E-state index is 12.7. The molecule has 1 aromatic heterocycles. The number of hydrogen-bond acceptors (Lipinski definition) is 6. The van der Waals surface area contributed by atoms with Crippen LogP contribution in [-0.2, 0) is 19.6 Å². The number of anilines is 1. The van der Waals surface area contributed by atoms with Gasteiger partial charge in [0.2, 0.25) is 15.9 Å². The zero-order valence-corrected chi connectivity index (χ0v) is 20.9. The van der Waals surface area contributed by atoms with Crippen LogP contribution < -0.4 is 5.32 Å². The van der Waals surface area contributed by atoms with Gasteiger partial charge in [0, 0.05) is 30.5 Å². The quantitative estimate of drug-likeness (QED) is 0.592. The van der Waals surface area contributed by atoms with Crippen LogP contribution in [0.3, 0.4) is 0 Å². The summed E-state index contributed by atoms with van der Waals surface area (Å²) in [5.74, 6) is 0.105. The standard InChI is InChI=1S/C23H32N4O4S2/c1-17-18(2)27(20-6-4-3-5-7-20)23(24-17)32-16-22(28)25-19-8-10-21(11-9-19)33(29,30)26-12-14-31-15-13-26/h8-11,20H,3-7,12-16H2,1-2H3,(H,25,28). The molecule has 0 bridgehead atoms. The van der Waals surface area contributed by atoms with E-state index in [0.29, 0.717) is 38.0 Å². The van der Waals surface area contributed by atoms with Crippen molar-refractivity contribution in [1.29, 1.82) is 0 Å². The predicted molar refractivity (Wildman–Crippen MR) is 129 cm³/mol. The maximum Gasteiger partial charge on any atom is 0.243 e. The molecule has 1 aromatic carbocycles. The number of ether oxygens (including phenoxy) is 1. The minimum Gasteiger partial charge on any atom is -0.379 e. The normalized spacial score (nSPS) is 18.4. The van der Waals surface area contributed by atoms with Crippen molar-refractivity contribution in [2.75, 3.05) is 37.4 Å². The third kappa shape index (κ3) is 5.62. The number of amides is 1. The van der Waals surface area contributed by atoms with Gasteiger partial charge in [0.15, 0.2) is 5.16 Å². The van der Waals surface area contributed by atoms with E-state index in [1.54, 1.807) is 12.1 Å². The topological polar surface area (TPSA) is 93.5 Å². The zero-order valence-electron chi connectivity index (χ0n) is 19.2. The number of aromatic nitrogens is 2. The molecule has 2 fully saturated rings. The summed E-state index contributed by atoms with van der Waals surface area (Å²) in [5, 5.41) is 3.77. The molecule has 8 nitrogen and oxygen atoms in total. The second-order valence-corrected chi connectivity index (χ2v) is 11.5. The number of nitrogens with one attached hydrogen (secondary N) is 1. The van der Waals surface area contributed by atoms with Crippen LogP contribution in [0.1, 0.15) is 49.5 Å². The van der Waals surface area contributed by atoms with Gasteiger partial charge in [-0.25, -0.2) is 13.4 Å². The molecule has 2 heterocycles. The number of nitrogens with zero attached hydrogens (tertiary/aromatic N) is 3. The Morgan fingerprint density at radius 1 is 1.12 bits per heavy atom. The average Bonchev–Trinajstić information content (AvgIpc) is 3.12. The molecule has 2 aromatic rings. The van der Waals surface area contributed by atoms with E-state index in [4.69, 9.17) is 9.72 Å². The maximum absolute atomic E-state index is 12.7. The first kappa shape index (κ1) is 24.3. The number of rotatable bonds is 7. The molecule has 1 saturated carbocycles. The van der Waals surface area contributed by atoms with Gasteiger partial charge in [-0.05, 0) is 51.0 Å². The van der Waals surface area contributed by atoms with E-state index < -0.39 is 10.0 Å². The summed E-state index contributed by atoms with van der Waals surface area (Å²) in [5.41, 5.74) is 2.77. The lowest BCUT2D eigenvalue weighted by atomic mass is 9.95. The van der Waals surface area contributed by atoms with Crippen molar-refractivity contribution in [3.63, 3.8) is 0 Å². The Hall–Kier alpha value is -1.88. The molecule has 1 aliphatic heterocycles. The highest BCUT2D eigenvalue weighted by Crippen LogP contribution is 2.34. The minimum absolute atomic E-state index is 0.141. The molecule has 33 heavy (non-hydrogen) atoms. The molecule has 1 N–H and O–H groups in total. The van der Waals surface area contributed by atoms with Crippen LogP contribution in [0.15, 0.2) is 34.3 Å². The lowest BCUT2D eigenvalue weighted by Crippen LogP contribution is -2.40. The molecule has 0 spiro atoms. The molecular formula is C23H32N4O4S2. The number of carbonyl (C=O) groups excluding carboxylic acids is 1. The number of aryl methyl sites for hydroxylation is 1. The first-order valence-corrected chi connectivity index (χ1v) is 13.9. The molecule has 10 heteroatoms. The molecule has 1 aliphatic carbocycles. The van der Waals surface area contributed by atoms with E-state index in [-0.39, 0.29) is 16.6 Å². The first-order chi connectivity index (χ1) is 15.9. The van der Waals surface area contributed by atoms with Crippen molar-refractivity contribution in [1.82, 2.24) is 13.9 Å². The smallest absolute Gasteiger partial charge is 0.243 e. The van der Waals surface area contributed by atoms with E-state index in [9.17, 15) is 13.2 Å². The highest BCUT2D eigenvalue weighted by Gasteiger charge is 2.26. The van der Waals surface area contributed by atoms with Crippen LogP contribution in [0.4, 0.5) is 5.69 Å². The summed E-state index contributed by atoms with van der Waals surface area (Å²) in [6, 6.07) is 6.80. The average molecular weight is 493 g/mol. The van der Waals surface area contributed by atoms with Crippen LogP contribution in [0, 0.1) is 13.8 Å². The second kappa shape index (κ2) is 10.6. The van der Waals surface area contributed by atoms with Gasteiger partial charge in [0.05, 0.1) is 29.6 Å². The van der Waals surface area contributed by atoms with Gasteiger partial charge in [0.1, 0.15) is 0 Å². The third-order valence-corrected chi connectivity index (χ3v) is 9.24. The van der Waals surface area contributed by atoms with Gasteiger partial charge in [-0.1, -0.05) is 31.0 Å². The summed E-state index contributed by atoms with van der Waals surface area (Å²) >= 11 is 1.45. The molecule has 1 saturated heterocycles. The number of benzene rings is 1. The van der Waals surface area contributed by atoms with Gasteiger partial charge >= 0.3 is 0 Å². The number of thioether (sulfide) groups is 1. The third-order valence-electron chi connectivity index (χ3n) is 6.37. The summed E-state index contributed by atoms with van der Waals surface area (Å²) in [6.45, 7) is 5.65. The monoisotopic (exact) mass is 492 g/mol. The lowest BCUT2D eigenvalue weighted by molar-refractivity contribution is -0.113. The molecule has 4 rings (SSSR count). The van der Waals surface area contributed by atoms with Gasteiger partial charge in [0.25, 0.3) is 0 Å². The van der Waals surface area contributed by atoms with E-state index in [1.165, 1.54) is 53.2 Å². The SMILES string of the molecule is Cc1nc(SCC(=O)Nc2ccc(S(=O)(=O)N3CCOCC3)cc2)n(C2CCCCC2)c1C. The van der Waals surface area contributed by atoms with Crippen LogP contribution in [-0.4, -0.2) is 60.2 Å². The summed E-state index contributed by atoms with van der Waals surface area (Å²) in [6.07, 6.45) is 6.10. The molecular weight excluding hydrogens is 460 g/mol. The highest BCUT2D eigenvalue weighted by molar-refractivity contribution is 7.99. The van der Waals surface area contributed by atoms with Crippen molar-refractivity contribution < 1.29 is 17.9 Å². The van der Waals surface area contributed by atoms with Crippen LogP contribution >= 0.6 is 11.8 Å². The fourth-order valence-electron chi connectivity index (χ4n) is 4.44. The molecule has 0 unspecified atom stereocenters. The van der Waals surface area contributed by atoms with Crippen molar-refractivity contribution >= 4 is 33.4 Å². The van der Waals surface area contributed by atoms with Gasteiger partial charge in [-0.2, -0.15) is 4.31 Å². The number of hydrogen-bond donors (Lipinski definition) is 1. The molecule has 1 amide bonds. The van der Waals surface area contributed by atoms with Gasteiger partial charge in [-0.3, -0.25) is 4.79 Å². The zero-order chi connectivity index (χ0) is 23.4. The number of carbonyl (C=O) groups is 1. The summed E-state index contributed by atoms with van der Waals surface area (Å²) < 4.78 is 34.5. The molecule has 0 radical (unpaired) electrons. The first-order valence-electron chi connectivity index (χ1n) is 11.5. The van der Waals surface area contributed by atoms with Crippen LogP contribution in [0.5, 0.6) is 0 Å². The van der Waals surface area contributed by atoms with Crippen molar-refractivity contribution in [2.45, 2.75) is 62.0 Å². The largest absolute Gasteiger partial charge is 0.379 e. The van der Waals surface area contributed by atoms with E-state index in [2.05, 4.69) is 16.8 Å². The van der Waals surface area contributed by atoms with E-state index >= 15 is 0 Å². The molecule has 0 atom stereocenters. The van der Waals surface area contributed by atoms with E-state index in [0.717, 1.165) is 23.7 Å². The predicted octanol–water partition coefficient (Wildman–Crippen LogP) is 3.76. The van der Waals surface area contributed by atoms with Crippen molar-refractivity contribution in [3.05, 3.63) is 35.7 Å². The highest BCUT2D eigenvalue weighted by atomic mass is 32.2. The van der Waals surface area contributed by atoms with Gasteiger partial charge < -0.3 is 14.6 Å². The fraction of sp³-hybridized carbons (Fsp3) is 0.565. The fourth-order valence-corrected chi connectivity index (χ4v) is 6.81. The Morgan fingerprint density at radius 2 is 1.79 bits per heavy atom. The van der Waals surface area contributed by atoms with Crippen LogP contribution in [0.25, 0.3) is 0 Å². The lowest BCUT2D eigenvalue weighted by Gasteiger charge is -2.26. The van der Waals surface area contributed by atoms with Crippen molar-refractivity contribution in [2.24, 2.45) is 0 Å². The number of sulfonamides is 1. The second-order valence-electron chi connectivity index (χ2n) is 8.60. The Morgan fingerprint density at radius 3 is 2.45 bits per heavy atom.